The monoisotopic (exact) mass is 423 g/mol. The molecule has 0 aliphatic carbocycles. The van der Waals surface area contributed by atoms with Gasteiger partial charge >= 0.3 is 0 Å². The van der Waals surface area contributed by atoms with E-state index in [1.54, 1.807) is 30.3 Å². The topological polar surface area (TPSA) is 99.1 Å². The standard InChI is InChI=1S/C22H21N3O4S/c1-30(28,29)25(16-17-7-3-2-4-8-17)20-13-11-18(12-14-20)22(27)24-23-15-19-9-5-6-10-21(19)26/h2-15,26H,16H2,1H3,(H,24,27)/b23-15-. The number of para-hydroxylation sites is 1. The first-order valence-corrected chi connectivity index (χ1v) is 10.9. The zero-order valence-corrected chi connectivity index (χ0v) is 17.1. The number of rotatable bonds is 7. The van der Waals surface area contributed by atoms with Crippen LogP contribution in [0.2, 0.25) is 0 Å². The molecule has 0 aromatic heterocycles. The molecule has 0 saturated carbocycles. The first-order chi connectivity index (χ1) is 14.3. The van der Waals surface area contributed by atoms with E-state index in [4.69, 9.17) is 0 Å². The largest absolute Gasteiger partial charge is 0.507 e. The van der Waals surface area contributed by atoms with Crippen molar-refractivity contribution in [3.8, 4) is 5.75 Å². The molecular weight excluding hydrogens is 402 g/mol. The molecule has 1 amide bonds. The van der Waals surface area contributed by atoms with Gasteiger partial charge in [0.15, 0.2) is 0 Å². The van der Waals surface area contributed by atoms with E-state index in [-0.39, 0.29) is 12.3 Å². The molecule has 0 bridgehead atoms. The number of anilines is 1. The maximum absolute atomic E-state index is 12.3. The Kier molecular flexibility index (Phi) is 6.48. The van der Waals surface area contributed by atoms with Crippen LogP contribution >= 0.6 is 0 Å². The van der Waals surface area contributed by atoms with E-state index < -0.39 is 15.9 Å². The van der Waals surface area contributed by atoms with Gasteiger partial charge in [0, 0.05) is 11.1 Å². The van der Waals surface area contributed by atoms with Crippen LogP contribution in [0.15, 0.2) is 84.0 Å². The molecule has 3 rings (SSSR count). The Morgan fingerprint density at radius 2 is 1.63 bits per heavy atom. The average Bonchev–Trinajstić information content (AvgIpc) is 2.73. The highest BCUT2D eigenvalue weighted by Crippen LogP contribution is 2.21. The number of aromatic hydroxyl groups is 1. The summed E-state index contributed by atoms with van der Waals surface area (Å²) >= 11 is 0. The van der Waals surface area contributed by atoms with Gasteiger partial charge in [0.05, 0.1) is 24.7 Å². The van der Waals surface area contributed by atoms with Gasteiger partial charge in [0.1, 0.15) is 5.75 Å². The number of benzene rings is 3. The van der Waals surface area contributed by atoms with Crippen molar-refractivity contribution in [2.45, 2.75) is 6.54 Å². The molecule has 0 spiro atoms. The van der Waals surface area contributed by atoms with Crippen molar-refractivity contribution in [2.24, 2.45) is 5.10 Å². The molecule has 8 heteroatoms. The van der Waals surface area contributed by atoms with Gasteiger partial charge in [0.2, 0.25) is 10.0 Å². The Bertz CT molecular complexity index is 1140. The molecule has 154 valence electrons. The Balaban J connectivity index is 1.72. The maximum atomic E-state index is 12.3. The van der Waals surface area contributed by atoms with Crippen LogP contribution in [0.4, 0.5) is 5.69 Å². The third-order valence-corrected chi connectivity index (χ3v) is 5.43. The van der Waals surface area contributed by atoms with Crippen LogP contribution in [0.25, 0.3) is 0 Å². The summed E-state index contributed by atoms with van der Waals surface area (Å²) < 4.78 is 25.8. The molecule has 0 heterocycles. The number of sulfonamides is 1. The second-order valence-electron chi connectivity index (χ2n) is 6.56. The lowest BCUT2D eigenvalue weighted by Gasteiger charge is -2.22. The number of hydrogen-bond donors (Lipinski definition) is 2. The van der Waals surface area contributed by atoms with Gasteiger partial charge in [0.25, 0.3) is 5.91 Å². The highest BCUT2D eigenvalue weighted by Gasteiger charge is 2.18. The number of hydrogen-bond acceptors (Lipinski definition) is 5. The predicted octanol–water partition coefficient (Wildman–Crippen LogP) is 3.12. The molecule has 7 nitrogen and oxygen atoms in total. The summed E-state index contributed by atoms with van der Waals surface area (Å²) in [5.41, 5.74) is 4.48. The minimum atomic E-state index is -3.51. The lowest BCUT2D eigenvalue weighted by molar-refractivity contribution is 0.0955. The highest BCUT2D eigenvalue weighted by molar-refractivity contribution is 7.92. The fraction of sp³-hybridized carbons (Fsp3) is 0.0909. The molecule has 0 saturated heterocycles. The summed E-state index contributed by atoms with van der Waals surface area (Å²) in [5.74, 6) is -0.402. The van der Waals surface area contributed by atoms with Gasteiger partial charge in [-0.1, -0.05) is 42.5 Å². The zero-order chi connectivity index (χ0) is 21.6. The minimum Gasteiger partial charge on any atom is -0.507 e. The number of nitrogens with one attached hydrogen (secondary N) is 1. The van der Waals surface area contributed by atoms with E-state index in [1.807, 2.05) is 30.3 Å². The Labute approximate surface area is 175 Å². The van der Waals surface area contributed by atoms with Crippen LogP contribution in [0.3, 0.4) is 0 Å². The number of nitrogens with zero attached hydrogens (tertiary/aromatic N) is 2. The Hall–Kier alpha value is -3.65. The number of amides is 1. The Morgan fingerprint density at radius 1 is 1.00 bits per heavy atom. The predicted molar refractivity (Wildman–Crippen MR) is 117 cm³/mol. The second-order valence-corrected chi connectivity index (χ2v) is 8.47. The molecule has 0 radical (unpaired) electrons. The van der Waals surface area contributed by atoms with E-state index >= 15 is 0 Å². The molecule has 3 aromatic carbocycles. The van der Waals surface area contributed by atoms with Crippen molar-refractivity contribution in [2.75, 3.05) is 10.6 Å². The summed E-state index contributed by atoms with van der Waals surface area (Å²) in [7, 11) is -3.51. The van der Waals surface area contributed by atoms with Gasteiger partial charge in [-0.3, -0.25) is 9.10 Å². The van der Waals surface area contributed by atoms with Crippen molar-refractivity contribution >= 4 is 27.8 Å². The maximum Gasteiger partial charge on any atom is 0.271 e. The van der Waals surface area contributed by atoms with Gasteiger partial charge < -0.3 is 5.11 Å². The van der Waals surface area contributed by atoms with E-state index in [9.17, 15) is 18.3 Å². The second kappa shape index (κ2) is 9.23. The average molecular weight is 423 g/mol. The van der Waals surface area contributed by atoms with Crippen molar-refractivity contribution in [3.05, 3.63) is 95.6 Å². The quantitative estimate of drug-likeness (QED) is 0.451. The van der Waals surface area contributed by atoms with Crippen LogP contribution < -0.4 is 9.73 Å². The molecule has 30 heavy (non-hydrogen) atoms. The fourth-order valence-electron chi connectivity index (χ4n) is 2.75. The third-order valence-electron chi connectivity index (χ3n) is 4.29. The normalized spacial score (nSPS) is 11.4. The summed E-state index contributed by atoms with van der Waals surface area (Å²) in [6.07, 6.45) is 2.48. The van der Waals surface area contributed by atoms with Crippen LogP contribution in [0, 0.1) is 0 Å². The van der Waals surface area contributed by atoms with Crippen molar-refractivity contribution in [1.29, 1.82) is 0 Å². The third kappa shape index (κ3) is 5.45. The number of carbonyl (C=O) groups is 1. The van der Waals surface area contributed by atoms with Crippen molar-refractivity contribution in [1.82, 2.24) is 5.43 Å². The SMILES string of the molecule is CS(=O)(=O)N(Cc1ccccc1)c1ccc(C(=O)N/N=C\c2ccccc2O)cc1. The van der Waals surface area contributed by atoms with E-state index in [0.29, 0.717) is 16.8 Å². The lowest BCUT2D eigenvalue weighted by atomic mass is 10.2. The lowest BCUT2D eigenvalue weighted by Crippen LogP contribution is -2.29. The Morgan fingerprint density at radius 3 is 2.27 bits per heavy atom. The number of hydrazone groups is 1. The smallest absolute Gasteiger partial charge is 0.271 e. The number of phenolic OH excluding ortho intramolecular Hbond substituents is 1. The molecule has 0 atom stereocenters. The highest BCUT2D eigenvalue weighted by atomic mass is 32.2. The first kappa shape index (κ1) is 21.1. The summed E-state index contributed by atoms with van der Waals surface area (Å²) in [5, 5.41) is 13.5. The van der Waals surface area contributed by atoms with Gasteiger partial charge in [-0.05, 0) is 42.0 Å². The van der Waals surface area contributed by atoms with Crippen LogP contribution in [-0.4, -0.2) is 31.9 Å². The molecule has 0 fully saturated rings. The van der Waals surface area contributed by atoms with Crippen LogP contribution in [-0.2, 0) is 16.6 Å². The summed E-state index contributed by atoms with van der Waals surface area (Å²) in [6.45, 7) is 0.191. The minimum absolute atomic E-state index is 0.0548. The zero-order valence-electron chi connectivity index (χ0n) is 16.3. The van der Waals surface area contributed by atoms with Crippen molar-refractivity contribution < 1.29 is 18.3 Å². The van der Waals surface area contributed by atoms with Crippen molar-refractivity contribution in [3.63, 3.8) is 0 Å². The molecule has 0 unspecified atom stereocenters. The van der Waals surface area contributed by atoms with Crippen LogP contribution in [0.1, 0.15) is 21.5 Å². The summed E-state index contributed by atoms with van der Waals surface area (Å²) in [4.78, 5) is 12.3. The fourth-order valence-corrected chi connectivity index (χ4v) is 3.64. The van der Waals surface area contributed by atoms with Crippen LogP contribution in [0.5, 0.6) is 5.75 Å². The summed E-state index contributed by atoms with van der Waals surface area (Å²) in [6, 6.07) is 22.1. The number of phenols is 1. The molecule has 0 aliphatic heterocycles. The van der Waals surface area contributed by atoms with Gasteiger partial charge in [-0.15, -0.1) is 0 Å². The first-order valence-electron chi connectivity index (χ1n) is 9.08. The molecule has 2 N–H and O–H groups in total. The van der Waals surface area contributed by atoms with E-state index in [0.717, 1.165) is 11.8 Å². The molecule has 0 aliphatic rings. The number of carbonyl (C=O) groups excluding carboxylic acids is 1. The van der Waals surface area contributed by atoms with E-state index in [2.05, 4.69) is 10.5 Å². The van der Waals surface area contributed by atoms with Gasteiger partial charge in [-0.2, -0.15) is 5.10 Å². The molecule has 3 aromatic rings. The molecular formula is C22H21N3O4S. The van der Waals surface area contributed by atoms with E-state index in [1.165, 1.54) is 28.7 Å². The van der Waals surface area contributed by atoms with Gasteiger partial charge in [-0.25, -0.2) is 13.8 Å².